The molecule has 0 spiro atoms. The first-order valence-corrected chi connectivity index (χ1v) is 9.29. The summed E-state index contributed by atoms with van der Waals surface area (Å²) in [5.74, 6) is -2.64. The zero-order valence-corrected chi connectivity index (χ0v) is 16.8. The van der Waals surface area contributed by atoms with Crippen LogP contribution in [0.3, 0.4) is 0 Å². The van der Waals surface area contributed by atoms with Crippen molar-refractivity contribution in [3.63, 3.8) is 0 Å². The molecule has 10 heteroatoms. The first-order chi connectivity index (χ1) is 12.7. The van der Waals surface area contributed by atoms with Crippen molar-refractivity contribution in [1.29, 1.82) is 0 Å². The summed E-state index contributed by atoms with van der Waals surface area (Å²) >= 11 is 3.27. The Bertz CT molecular complexity index is 718. The summed E-state index contributed by atoms with van der Waals surface area (Å²) in [5, 5.41) is 13.8. The van der Waals surface area contributed by atoms with E-state index in [9.17, 15) is 24.5 Å². The molecule has 0 aliphatic rings. The molecule has 0 saturated heterocycles. The fourth-order valence-electron chi connectivity index (χ4n) is 2.49. The normalized spacial score (nSPS) is 10.8. The van der Waals surface area contributed by atoms with Gasteiger partial charge in [-0.3, -0.25) is 14.9 Å². The van der Waals surface area contributed by atoms with Crippen molar-refractivity contribution in [3.05, 3.63) is 39.4 Å². The number of nitro benzene ring substituents is 1. The molecule has 0 bridgehead atoms. The van der Waals surface area contributed by atoms with Crippen molar-refractivity contribution in [3.8, 4) is 0 Å². The van der Waals surface area contributed by atoms with E-state index in [1.165, 1.54) is 18.2 Å². The van der Waals surface area contributed by atoms with Crippen molar-refractivity contribution in [2.45, 2.75) is 38.1 Å². The van der Waals surface area contributed by atoms with Gasteiger partial charge in [-0.2, -0.15) is 0 Å². The molecule has 0 radical (unpaired) electrons. The van der Waals surface area contributed by atoms with Crippen LogP contribution in [0.25, 0.3) is 0 Å². The van der Waals surface area contributed by atoms with Crippen LogP contribution in [0.2, 0.25) is 0 Å². The Morgan fingerprint density at radius 3 is 2.11 bits per heavy atom. The van der Waals surface area contributed by atoms with E-state index in [0.717, 1.165) is 6.92 Å². The number of halogens is 1. The lowest BCUT2D eigenvalue weighted by atomic mass is 9.88. The molecular weight excluding hydrogens is 424 g/mol. The lowest BCUT2D eigenvalue weighted by Gasteiger charge is -2.30. The molecule has 1 rings (SSSR count). The van der Waals surface area contributed by atoms with Crippen LogP contribution in [-0.4, -0.2) is 41.5 Å². The predicted molar refractivity (Wildman–Crippen MR) is 99.2 cm³/mol. The number of rotatable bonds is 9. The van der Waals surface area contributed by atoms with Crippen molar-refractivity contribution >= 4 is 39.5 Å². The smallest absolute Gasteiger partial charge is 0.344 e. The van der Waals surface area contributed by atoms with Crippen LogP contribution in [-0.2, 0) is 35.6 Å². The highest BCUT2D eigenvalue weighted by Gasteiger charge is 2.50. The molecular formula is C17H21BrN2O7. The number of hydrogen-bond donors (Lipinski definition) is 1. The summed E-state index contributed by atoms with van der Waals surface area (Å²) < 4.78 is 10.00. The van der Waals surface area contributed by atoms with Gasteiger partial charge in [-0.05, 0) is 25.0 Å². The minimum Gasteiger partial charge on any atom is -0.464 e. The number of ether oxygens (including phenoxy) is 2. The largest absolute Gasteiger partial charge is 0.464 e. The lowest BCUT2D eigenvalue weighted by molar-refractivity contribution is -0.384. The predicted octanol–water partition coefficient (Wildman–Crippen LogP) is 2.03. The fourth-order valence-corrected chi connectivity index (χ4v) is 3.04. The molecule has 0 atom stereocenters. The van der Waals surface area contributed by atoms with Gasteiger partial charge in [0.2, 0.25) is 11.4 Å². The second-order valence-electron chi connectivity index (χ2n) is 5.55. The average molecular weight is 445 g/mol. The molecule has 1 aromatic carbocycles. The Morgan fingerprint density at radius 1 is 1.15 bits per heavy atom. The van der Waals surface area contributed by atoms with E-state index in [1.807, 2.05) is 0 Å². The van der Waals surface area contributed by atoms with Crippen LogP contribution in [0, 0.1) is 10.1 Å². The van der Waals surface area contributed by atoms with Crippen LogP contribution in [0.4, 0.5) is 5.69 Å². The summed E-state index contributed by atoms with van der Waals surface area (Å²) in [7, 11) is 0. The summed E-state index contributed by atoms with van der Waals surface area (Å²) in [5.41, 5.74) is -1.41. The third-order valence-electron chi connectivity index (χ3n) is 3.64. The van der Waals surface area contributed by atoms with Gasteiger partial charge in [0.05, 0.1) is 18.1 Å². The van der Waals surface area contributed by atoms with Gasteiger partial charge in [0.1, 0.15) is 0 Å². The maximum atomic E-state index is 12.7. The van der Waals surface area contributed by atoms with Gasteiger partial charge in [-0.1, -0.05) is 22.0 Å². The maximum Gasteiger partial charge on any atom is 0.344 e. The fraction of sp³-hybridized carbons (Fsp3) is 0.471. The molecule has 0 saturated carbocycles. The van der Waals surface area contributed by atoms with Crippen LogP contribution in [0.15, 0.2) is 18.2 Å². The molecule has 1 aromatic rings. The van der Waals surface area contributed by atoms with E-state index in [0.29, 0.717) is 16.5 Å². The molecule has 148 valence electrons. The molecule has 1 amide bonds. The number of nitro groups is 1. The van der Waals surface area contributed by atoms with E-state index in [4.69, 9.17) is 9.47 Å². The van der Waals surface area contributed by atoms with E-state index in [1.54, 1.807) is 13.8 Å². The Morgan fingerprint density at radius 2 is 1.70 bits per heavy atom. The number of benzene rings is 1. The second-order valence-corrected chi connectivity index (χ2v) is 6.11. The number of carbonyl (C=O) groups excluding carboxylic acids is 3. The molecule has 1 N–H and O–H groups in total. The van der Waals surface area contributed by atoms with E-state index in [-0.39, 0.29) is 25.3 Å². The van der Waals surface area contributed by atoms with Gasteiger partial charge in [0.15, 0.2) is 0 Å². The van der Waals surface area contributed by atoms with Crippen LogP contribution in [0.1, 0.15) is 31.9 Å². The van der Waals surface area contributed by atoms with E-state index in [2.05, 4.69) is 21.2 Å². The van der Waals surface area contributed by atoms with Crippen LogP contribution in [0.5, 0.6) is 0 Å². The first kappa shape index (κ1) is 22.6. The zero-order chi connectivity index (χ0) is 20.6. The molecule has 0 fully saturated rings. The van der Waals surface area contributed by atoms with Gasteiger partial charge in [-0.15, -0.1) is 0 Å². The first-order valence-electron chi connectivity index (χ1n) is 8.17. The highest BCUT2D eigenvalue weighted by atomic mass is 79.9. The number of nitrogens with zero attached hydrogens (tertiary/aromatic N) is 1. The van der Waals surface area contributed by atoms with Crippen LogP contribution < -0.4 is 5.32 Å². The number of alkyl halides is 1. The standard InChI is InChI=1S/C17H21BrN2O7/c1-4-26-15(22)17(19-11(3)21,16(23)27-5-2)9-13-8-14(20(24)25)7-6-12(13)10-18/h6-8H,4-5,9-10H2,1-3H3,(H,19,21). The van der Waals surface area contributed by atoms with Gasteiger partial charge in [0, 0.05) is 30.8 Å². The topological polar surface area (TPSA) is 125 Å². The lowest BCUT2D eigenvalue weighted by Crippen LogP contribution is -2.62. The number of nitrogens with one attached hydrogen (secondary N) is 1. The van der Waals surface area contributed by atoms with Crippen molar-refractivity contribution in [2.24, 2.45) is 0 Å². The minimum absolute atomic E-state index is 0.0280. The third-order valence-corrected chi connectivity index (χ3v) is 4.24. The molecule has 0 aliphatic carbocycles. The number of hydrogen-bond acceptors (Lipinski definition) is 7. The summed E-state index contributed by atoms with van der Waals surface area (Å²) in [6.45, 7) is 4.20. The summed E-state index contributed by atoms with van der Waals surface area (Å²) in [6, 6.07) is 4.08. The minimum atomic E-state index is -2.15. The van der Waals surface area contributed by atoms with Crippen molar-refractivity contribution in [1.82, 2.24) is 5.32 Å². The van der Waals surface area contributed by atoms with E-state index < -0.39 is 28.3 Å². The number of non-ortho nitro benzene ring substituents is 1. The third kappa shape index (κ3) is 5.49. The van der Waals surface area contributed by atoms with Crippen molar-refractivity contribution < 1.29 is 28.8 Å². The van der Waals surface area contributed by atoms with Gasteiger partial charge in [0.25, 0.3) is 5.69 Å². The van der Waals surface area contributed by atoms with E-state index >= 15 is 0 Å². The summed E-state index contributed by atoms with van der Waals surface area (Å²) in [6.07, 6.45) is -0.354. The van der Waals surface area contributed by atoms with Gasteiger partial charge < -0.3 is 14.8 Å². The number of carbonyl (C=O) groups is 3. The average Bonchev–Trinajstić information content (AvgIpc) is 2.60. The monoisotopic (exact) mass is 444 g/mol. The second kappa shape index (κ2) is 10.0. The number of esters is 2. The Labute approximate surface area is 164 Å². The van der Waals surface area contributed by atoms with Crippen molar-refractivity contribution in [2.75, 3.05) is 13.2 Å². The van der Waals surface area contributed by atoms with Gasteiger partial charge in [-0.25, -0.2) is 9.59 Å². The number of amides is 1. The highest BCUT2D eigenvalue weighted by Crippen LogP contribution is 2.26. The molecule has 9 nitrogen and oxygen atoms in total. The zero-order valence-electron chi connectivity index (χ0n) is 15.2. The molecule has 27 heavy (non-hydrogen) atoms. The van der Waals surface area contributed by atoms with Crippen LogP contribution >= 0.6 is 15.9 Å². The molecule has 0 aliphatic heterocycles. The maximum absolute atomic E-state index is 12.7. The summed E-state index contributed by atoms with van der Waals surface area (Å²) in [4.78, 5) is 47.6. The van der Waals surface area contributed by atoms with Gasteiger partial charge >= 0.3 is 11.9 Å². The molecule has 0 aromatic heterocycles. The Kier molecular flexibility index (Phi) is 8.35. The SMILES string of the molecule is CCOC(=O)C(Cc1cc([N+](=O)[O-])ccc1CBr)(NC(C)=O)C(=O)OCC. The quantitative estimate of drug-likeness (QED) is 0.203. The molecule has 0 unspecified atom stereocenters. The Balaban J connectivity index is 3.56. The highest BCUT2D eigenvalue weighted by molar-refractivity contribution is 9.08. The Hall–Kier alpha value is -2.49. The molecule has 0 heterocycles.